The molecule has 3 saturated heterocycles. The Morgan fingerprint density at radius 3 is 2.34 bits per heavy atom. The molecule has 3 fully saturated rings. The molecule has 12 heteroatoms. The second kappa shape index (κ2) is 11.5. The lowest BCUT2D eigenvalue weighted by atomic mass is 9.93. The molecule has 0 radical (unpaired) electrons. The van der Waals surface area contributed by atoms with Crippen molar-refractivity contribution >= 4 is 34.6 Å². The predicted molar refractivity (Wildman–Crippen MR) is 152 cm³/mol. The molecule has 3 aliphatic rings. The number of nitrogens with zero attached hydrogens (tertiary/aromatic N) is 5. The fourth-order valence-corrected chi connectivity index (χ4v) is 6.20. The summed E-state index contributed by atoms with van der Waals surface area (Å²) in [4.78, 5) is 55.6. The van der Waals surface area contributed by atoms with Crippen molar-refractivity contribution in [1.29, 1.82) is 0 Å². The molecular formula is C29H41FN6O5. The number of benzene rings is 1. The number of amides is 3. The second-order valence-corrected chi connectivity index (χ2v) is 12.5. The van der Waals surface area contributed by atoms with Gasteiger partial charge in [0.15, 0.2) is 5.82 Å². The van der Waals surface area contributed by atoms with Crippen LogP contribution in [0, 0.1) is 11.7 Å². The highest BCUT2D eigenvalue weighted by Gasteiger charge is 2.33. The largest absolute Gasteiger partial charge is 0.444 e. The third-order valence-electron chi connectivity index (χ3n) is 8.52. The van der Waals surface area contributed by atoms with Crippen LogP contribution in [-0.4, -0.2) is 88.3 Å². The first-order chi connectivity index (χ1) is 19.4. The molecule has 5 rings (SSSR count). The average Bonchev–Trinajstić information content (AvgIpc) is 3.17. The van der Waals surface area contributed by atoms with Crippen LogP contribution in [0.4, 0.5) is 14.9 Å². The van der Waals surface area contributed by atoms with Gasteiger partial charge >= 0.3 is 11.8 Å². The number of carbonyl (C=O) groups excluding carboxylic acids is 3. The van der Waals surface area contributed by atoms with Gasteiger partial charge in [0.05, 0.1) is 11.2 Å². The van der Waals surface area contributed by atoms with Crippen molar-refractivity contribution in [3.05, 3.63) is 28.4 Å². The SMILES string of the molecule is Cn1c(=O)n(C2CCC(=O)NC2=O)c2ccc(N3CCN(CCC4CCN(C(=O)OC(C)(C)C)CC4)CC3)c(F)c21. The molecular weight excluding hydrogens is 531 g/mol. The van der Waals surface area contributed by atoms with E-state index in [2.05, 4.69) is 10.2 Å². The minimum atomic E-state index is -0.845. The van der Waals surface area contributed by atoms with E-state index in [0.717, 1.165) is 52.0 Å². The number of imidazole rings is 1. The van der Waals surface area contributed by atoms with Gasteiger partial charge in [-0.2, -0.15) is 0 Å². The lowest BCUT2D eigenvalue weighted by molar-refractivity contribution is -0.135. The second-order valence-electron chi connectivity index (χ2n) is 12.5. The van der Waals surface area contributed by atoms with E-state index in [1.807, 2.05) is 25.7 Å². The highest BCUT2D eigenvalue weighted by molar-refractivity contribution is 6.00. The number of rotatable bonds is 5. The standard InChI is InChI=1S/C29H41FN6O5/c1-29(2,3)41-28(40)35-13-10-19(11-14-35)9-12-33-15-17-34(18-16-33)20-5-6-21-25(24(20)30)32(4)27(39)36(21)22-7-8-23(37)31-26(22)38/h5-6,19,22H,7-18H2,1-4H3,(H,31,37,38). The summed E-state index contributed by atoms with van der Waals surface area (Å²) in [5.74, 6) is -0.805. The van der Waals surface area contributed by atoms with Crippen LogP contribution < -0.4 is 15.9 Å². The fourth-order valence-electron chi connectivity index (χ4n) is 6.20. The fraction of sp³-hybridized carbons (Fsp3) is 0.655. The van der Waals surface area contributed by atoms with Gasteiger partial charge in [-0.3, -0.25) is 28.9 Å². The van der Waals surface area contributed by atoms with Gasteiger partial charge in [0.1, 0.15) is 17.2 Å². The van der Waals surface area contributed by atoms with Crippen LogP contribution in [0.15, 0.2) is 16.9 Å². The normalized spacial score (nSPS) is 21.4. The van der Waals surface area contributed by atoms with Gasteiger partial charge in [0.2, 0.25) is 11.8 Å². The van der Waals surface area contributed by atoms with Gasteiger partial charge in [-0.15, -0.1) is 0 Å². The number of hydrogen-bond acceptors (Lipinski definition) is 7. The van der Waals surface area contributed by atoms with E-state index < -0.39 is 29.1 Å². The number of likely N-dealkylation sites (tertiary alicyclic amines) is 1. The molecule has 4 heterocycles. The molecule has 0 aliphatic carbocycles. The van der Waals surface area contributed by atoms with Gasteiger partial charge in [0, 0.05) is 52.7 Å². The molecule has 3 aliphatic heterocycles. The van der Waals surface area contributed by atoms with E-state index in [9.17, 15) is 19.2 Å². The van der Waals surface area contributed by atoms with Crippen LogP contribution >= 0.6 is 0 Å². The Morgan fingerprint density at radius 2 is 1.71 bits per heavy atom. The molecule has 1 unspecified atom stereocenters. The van der Waals surface area contributed by atoms with E-state index in [0.29, 0.717) is 30.2 Å². The summed E-state index contributed by atoms with van der Waals surface area (Å²) in [6.45, 7) is 11.0. The predicted octanol–water partition coefficient (Wildman–Crippen LogP) is 2.62. The number of imide groups is 1. The number of hydrogen-bond donors (Lipinski definition) is 1. The van der Waals surface area contributed by atoms with Crippen molar-refractivity contribution in [1.82, 2.24) is 24.3 Å². The van der Waals surface area contributed by atoms with Gasteiger partial charge in [-0.1, -0.05) is 0 Å². The molecule has 1 aromatic heterocycles. The summed E-state index contributed by atoms with van der Waals surface area (Å²) in [5.41, 5.74) is -0.000578. The minimum absolute atomic E-state index is 0.134. The molecule has 1 aromatic carbocycles. The van der Waals surface area contributed by atoms with Crippen LogP contribution in [0.3, 0.4) is 0 Å². The molecule has 2 aromatic rings. The van der Waals surface area contributed by atoms with Crippen molar-refractivity contribution in [2.24, 2.45) is 13.0 Å². The summed E-state index contributed by atoms with van der Waals surface area (Å²) in [6, 6.07) is 2.55. The van der Waals surface area contributed by atoms with Crippen LogP contribution in [0.1, 0.15) is 58.9 Å². The first-order valence-electron chi connectivity index (χ1n) is 14.6. The quantitative estimate of drug-likeness (QED) is 0.549. The number of aryl methyl sites for hydroxylation is 1. The van der Waals surface area contributed by atoms with E-state index in [1.54, 1.807) is 17.0 Å². The van der Waals surface area contributed by atoms with E-state index >= 15 is 4.39 Å². The van der Waals surface area contributed by atoms with Crippen molar-refractivity contribution in [3.63, 3.8) is 0 Å². The first kappa shape index (κ1) is 29.1. The topological polar surface area (TPSA) is 109 Å². The van der Waals surface area contributed by atoms with E-state index in [4.69, 9.17) is 4.74 Å². The van der Waals surface area contributed by atoms with Gasteiger partial charge in [0.25, 0.3) is 0 Å². The lowest BCUT2D eigenvalue weighted by Crippen LogP contribution is -2.47. The Labute approximate surface area is 239 Å². The van der Waals surface area contributed by atoms with E-state index in [-0.39, 0.29) is 30.4 Å². The summed E-state index contributed by atoms with van der Waals surface area (Å²) >= 11 is 0. The minimum Gasteiger partial charge on any atom is -0.444 e. The zero-order valence-electron chi connectivity index (χ0n) is 24.4. The number of piperidine rings is 2. The van der Waals surface area contributed by atoms with Crippen molar-refractivity contribution in [2.45, 2.75) is 64.5 Å². The van der Waals surface area contributed by atoms with Gasteiger partial charge in [-0.05, 0) is 71.0 Å². The monoisotopic (exact) mass is 572 g/mol. The summed E-state index contributed by atoms with van der Waals surface area (Å²) in [6.07, 6.45) is 3.12. The third kappa shape index (κ3) is 6.12. The Morgan fingerprint density at radius 1 is 1.02 bits per heavy atom. The van der Waals surface area contributed by atoms with E-state index in [1.165, 1.54) is 16.2 Å². The zero-order chi connectivity index (χ0) is 29.5. The van der Waals surface area contributed by atoms with Gasteiger partial charge < -0.3 is 14.5 Å². The summed E-state index contributed by atoms with van der Waals surface area (Å²) < 4.78 is 23.9. The van der Waals surface area contributed by atoms with Crippen molar-refractivity contribution in [3.8, 4) is 0 Å². The molecule has 224 valence electrons. The van der Waals surface area contributed by atoms with Crippen molar-refractivity contribution in [2.75, 3.05) is 50.7 Å². The molecule has 1 N–H and O–H groups in total. The summed E-state index contributed by atoms with van der Waals surface area (Å²) in [7, 11) is 1.51. The Hall–Kier alpha value is -3.41. The number of carbonyl (C=O) groups is 3. The number of aromatic nitrogens is 2. The van der Waals surface area contributed by atoms with Crippen molar-refractivity contribution < 1.29 is 23.5 Å². The Kier molecular flexibility index (Phi) is 8.13. The highest BCUT2D eigenvalue weighted by Crippen LogP contribution is 2.31. The average molecular weight is 573 g/mol. The maximum atomic E-state index is 15.9. The Balaban J connectivity index is 1.17. The number of halogens is 1. The molecule has 0 saturated carbocycles. The molecule has 41 heavy (non-hydrogen) atoms. The first-order valence-corrected chi connectivity index (χ1v) is 14.6. The highest BCUT2D eigenvalue weighted by atomic mass is 19.1. The van der Waals surface area contributed by atoms with Crippen LogP contribution in [-0.2, 0) is 21.4 Å². The maximum absolute atomic E-state index is 15.9. The molecule has 0 spiro atoms. The number of piperazine rings is 1. The van der Waals surface area contributed by atoms with Crippen LogP contribution in [0.2, 0.25) is 0 Å². The van der Waals surface area contributed by atoms with Crippen LogP contribution in [0.25, 0.3) is 11.0 Å². The molecule has 11 nitrogen and oxygen atoms in total. The lowest BCUT2D eigenvalue weighted by Gasteiger charge is -2.38. The molecule has 1 atom stereocenters. The number of fused-ring (bicyclic) bond motifs is 1. The molecule has 3 amide bonds. The third-order valence-corrected chi connectivity index (χ3v) is 8.52. The van der Waals surface area contributed by atoms with Gasteiger partial charge in [-0.25, -0.2) is 14.0 Å². The number of nitrogens with one attached hydrogen (secondary N) is 1. The zero-order valence-corrected chi connectivity index (χ0v) is 24.4. The summed E-state index contributed by atoms with van der Waals surface area (Å²) in [5, 5.41) is 2.28. The number of anilines is 1. The Bertz CT molecular complexity index is 1380. The molecule has 0 bridgehead atoms. The maximum Gasteiger partial charge on any atom is 0.410 e. The smallest absolute Gasteiger partial charge is 0.410 e. The van der Waals surface area contributed by atoms with Crippen LogP contribution in [0.5, 0.6) is 0 Å². The number of ether oxygens (including phenoxy) is 1.